The van der Waals surface area contributed by atoms with Crippen molar-refractivity contribution in [3.8, 4) is 0 Å². The van der Waals surface area contributed by atoms with Gasteiger partial charge in [0.05, 0.1) is 0 Å². The molecule has 1 saturated carbocycles. The van der Waals surface area contributed by atoms with Crippen molar-refractivity contribution in [1.82, 2.24) is 5.32 Å². The number of aryl methyl sites for hydroxylation is 1. The normalized spacial score (nSPS) is 18.7. The van der Waals surface area contributed by atoms with Crippen molar-refractivity contribution in [2.75, 3.05) is 5.32 Å². The van der Waals surface area contributed by atoms with Crippen LogP contribution >= 0.6 is 0 Å². The zero-order chi connectivity index (χ0) is 20.8. The molecule has 2 aromatic rings. The topological polar surface area (TPSA) is 75.3 Å². The van der Waals surface area contributed by atoms with Gasteiger partial charge in [-0.3, -0.25) is 14.4 Å². The summed E-state index contributed by atoms with van der Waals surface area (Å²) < 4.78 is 0. The van der Waals surface area contributed by atoms with Crippen LogP contribution in [0.1, 0.15) is 54.1 Å². The lowest BCUT2D eigenvalue weighted by Crippen LogP contribution is -2.35. The first-order valence-electron chi connectivity index (χ1n) is 10.2. The molecular weight excluding hydrogens is 364 g/mol. The van der Waals surface area contributed by atoms with E-state index < -0.39 is 0 Å². The summed E-state index contributed by atoms with van der Waals surface area (Å²) in [6.45, 7) is 4.09. The molecule has 2 aromatic carbocycles. The standard InChI is InChI=1S/C24H28N2O3/c1-16-6-3-4-7-21(16)15-25-23(28)18-10-12-19(13-11-18)24(29)26-22-9-5-8-20(14-22)17(2)27/h3-9,14,18-19H,10-13,15H2,1-2H3,(H,25,28)(H,26,29). The van der Waals surface area contributed by atoms with E-state index in [1.165, 1.54) is 12.5 Å². The van der Waals surface area contributed by atoms with Crippen LogP contribution in [-0.2, 0) is 16.1 Å². The fourth-order valence-electron chi connectivity index (χ4n) is 3.81. The number of carbonyl (C=O) groups excluding carboxylic acids is 3. The molecule has 152 valence electrons. The predicted molar refractivity (Wildman–Crippen MR) is 114 cm³/mol. The van der Waals surface area contributed by atoms with E-state index in [1.807, 2.05) is 31.2 Å². The van der Waals surface area contributed by atoms with Crippen LogP contribution in [0.25, 0.3) is 0 Å². The van der Waals surface area contributed by atoms with Gasteiger partial charge in [0.1, 0.15) is 0 Å². The van der Waals surface area contributed by atoms with Crippen LogP contribution in [0.15, 0.2) is 48.5 Å². The summed E-state index contributed by atoms with van der Waals surface area (Å²) in [7, 11) is 0. The van der Waals surface area contributed by atoms with Gasteiger partial charge in [0.15, 0.2) is 5.78 Å². The third kappa shape index (κ3) is 5.53. The van der Waals surface area contributed by atoms with Crippen LogP contribution in [0.3, 0.4) is 0 Å². The predicted octanol–water partition coefficient (Wildman–Crippen LogP) is 4.26. The van der Waals surface area contributed by atoms with E-state index in [1.54, 1.807) is 24.3 Å². The first-order valence-corrected chi connectivity index (χ1v) is 10.2. The molecule has 0 bridgehead atoms. The van der Waals surface area contributed by atoms with Gasteiger partial charge in [0.25, 0.3) is 0 Å². The van der Waals surface area contributed by atoms with Crippen LogP contribution in [0.2, 0.25) is 0 Å². The highest BCUT2D eigenvalue weighted by Crippen LogP contribution is 2.30. The number of rotatable bonds is 6. The Morgan fingerprint density at radius 3 is 2.21 bits per heavy atom. The van der Waals surface area contributed by atoms with Crippen LogP contribution in [-0.4, -0.2) is 17.6 Å². The fraction of sp³-hybridized carbons (Fsp3) is 0.375. The molecule has 2 N–H and O–H groups in total. The lowest BCUT2D eigenvalue weighted by molar-refractivity contribution is -0.128. The molecule has 29 heavy (non-hydrogen) atoms. The Morgan fingerprint density at radius 2 is 1.55 bits per heavy atom. The SMILES string of the molecule is CC(=O)c1cccc(NC(=O)C2CCC(C(=O)NCc3ccccc3C)CC2)c1. The molecule has 1 aliphatic carbocycles. The fourth-order valence-corrected chi connectivity index (χ4v) is 3.81. The second-order valence-corrected chi connectivity index (χ2v) is 7.82. The summed E-state index contributed by atoms with van der Waals surface area (Å²) in [6.07, 6.45) is 2.82. The number of amides is 2. The van der Waals surface area contributed by atoms with E-state index in [0.29, 0.717) is 43.5 Å². The molecule has 1 fully saturated rings. The molecule has 2 amide bonds. The van der Waals surface area contributed by atoms with Crippen LogP contribution < -0.4 is 10.6 Å². The highest BCUT2D eigenvalue weighted by atomic mass is 16.2. The van der Waals surface area contributed by atoms with Gasteiger partial charge >= 0.3 is 0 Å². The highest BCUT2D eigenvalue weighted by molar-refractivity contribution is 5.97. The molecule has 5 heteroatoms. The Kier molecular flexibility index (Phi) is 6.81. The highest BCUT2D eigenvalue weighted by Gasteiger charge is 2.30. The van der Waals surface area contributed by atoms with Gasteiger partial charge in [-0.2, -0.15) is 0 Å². The average Bonchev–Trinajstić information content (AvgIpc) is 2.73. The molecule has 0 heterocycles. The Labute approximate surface area is 171 Å². The number of anilines is 1. The number of Topliss-reactive ketones (excluding diaryl/α,β-unsaturated/α-hetero) is 1. The molecule has 0 atom stereocenters. The maximum atomic E-state index is 12.6. The monoisotopic (exact) mass is 392 g/mol. The molecule has 0 aliphatic heterocycles. The van der Waals surface area contributed by atoms with E-state index >= 15 is 0 Å². The minimum Gasteiger partial charge on any atom is -0.352 e. The smallest absolute Gasteiger partial charge is 0.227 e. The summed E-state index contributed by atoms with van der Waals surface area (Å²) in [5.74, 6) is -0.135. The maximum absolute atomic E-state index is 12.6. The summed E-state index contributed by atoms with van der Waals surface area (Å²) in [5, 5.41) is 5.95. The summed E-state index contributed by atoms with van der Waals surface area (Å²) in [6, 6.07) is 15.0. The second kappa shape index (κ2) is 9.50. The van der Waals surface area contributed by atoms with Crippen molar-refractivity contribution in [1.29, 1.82) is 0 Å². The quantitative estimate of drug-likeness (QED) is 0.721. The van der Waals surface area contributed by atoms with Crippen molar-refractivity contribution in [2.24, 2.45) is 11.8 Å². The third-order valence-electron chi connectivity index (χ3n) is 5.72. The van der Waals surface area contributed by atoms with Crippen molar-refractivity contribution >= 4 is 23.3 Å². The van der Waals surface area contributed by atoms with E-state index in [2.05, 4.69) is 10.6 Å². The summed E-state index contributed by atoms with van der Waals surface area (Å²) in [5.41, 5.74) is 3.52. The van der Waals surface area contributed by atoms with Crippen molar-refractivity contribution < 1.29 is 14.4 Å². The lowest BCUT2D eigenvalue weighted by Gasteiger charge is -2.27. The summed E-state index contributed by atoms with van der Waals surface area (Å²) >= 11 is 0. The number of nitrogens with one attached hydrogen (secondary N) is 2. The van der Waals surface area contributed by atoms with Gasteiger partial charge in [-0.15, -0.1) is 0 Å². The number of hydrogen-bond donors (Lipinski definition) is 2. The lowest BCUT2D eigenvalue weighted by atomic mass is 9.81. The van der Waals surface area contributed by atoms with E-state index in [9.17, 15) is 14.4 Å². The van der Waals surface area contributed by atoms with Gasteiger partial charge in [0, 0.05) is 29.6 Å². The average molecular weight is 392 g/mol. The van der Waals surface area contributed by atoms with E-state index in [4.69, 9.17) is 0 Å². The molecule has 3 rings (SSSR count). The molecule has 0 radical (unpaired) electrons. The Bertz CT molecular complexity index is 899. The molecule has 0 aromatic heterocycles. The molecule has 5 nitrogen and oxygen atoms in total. The van der Waals surface area contributed by atoms with E-state index in [-0.39, 0.29) is 29.4 Å². The van der Waals surface area contributed by atoms with Gasteiger partial charge in [-0.05, 0) is 62.8 Å². The van der Waals surface area contributed by atoms with Crippen molar-refractivity contribution in [2.45, 2.75) is 46.1 Å². The number of benzene rings is 2. The number of ketones is 1. The molecule has 1 aliphatic rings. The first-order chi connectivity index (χ1) is 13.9. The Morgan fingerprint density at radius 1 is 0.897 bits per heavy atom. The Balaban J connectivity index is 1.47. The van der Waals surface area contributed by atoms with Crippen LogP contribution in [0.4, 0.5) is 5.69 Å². The van der Waals surface area contributed by atoms with E-state index in [0.717, 1.165) is 5.56 Å². The minimum atomic E-state index is -0.101. The van der Waals surface area contributed by atoms with Crippen molar-refractivity contribution in [3.05, 3.63) is 65.2 Å². The molecule has 0 unspecified atom stereocenters. The van der Waals surface area contributed by atoms with Crippen LogP contribution in [0, 0.1) is 18.8 Å². The summed E-state index contributed by atoms with van der Waals surface area (Å²) in [4.78, 5) is 36.6. The van der Waals surface area contributed by atoms with Crippen molar-refractivity contribution in [3.63, 3.8) is 0 Å². The zero-order valence-electron chi connectivity index (χ0n) is 17.0. The molecule has 0 saturated heterocycles. The number of carbonyl (C=O) groups is 3. The van der Waals surface area contributed by atoms with Crippen LogP contribution in [0.5, 0.6) is 0 Å². The van der Waals surface area contributed by atoms with Gasteiger partial charge in [-0.25, -0.2) is 0 Å². The minimum absolute atomic E-state index is 0.0293. The maximum Gasteiger partial charge on any atom is 0.227 e. The second-order valence-electron chi connectivity index (χ2n) is 7.82. The van der Waals surface area contributed by atoms with Gasteiger partial charge < -0.3 is 10.6 Å². The zero-order valence-corrected chi connectivity index (χ0v) is 17.0. The third-order valence-corrected chi connectivity index (χ3v) is 5.72. The van der Waals surface area contributed by atoms with Gasteiger partial charge in [-0.1, -0.05) is 36.4 Å². The Hall–Kier alpha value is -2.95. The molecular formula is C24H28N2O3. The molecule has 0 spiro atoms. The largest absolute Gasteiger partial charge is 0.352 e. The van der Waals surface area contributed by atoms with Gasteiger partial charge in [0.2, 0.25) is 11.8 Å². The first kappa shape index (κ1) is 20.8. The number of hydrogen-bond acceptors (Lipinski definition) is 3.